The van der Waals surface area contributed by atoms with Gasteiger partial charge in [0.1, 0.15) is 11.5 Å². The van der Waals surface area contributed by atoms with Crippen molar-refractivity contribution in [1.82, 2.24) is 0 Å². The molecule has 0 aromatic heterocycles. The van der Waals surface area contributed by atoms with Gasteiger partial charge in [-0.3, -0.25) is 0 Å². The third kappa shape index (κ3) is 3.32. The summed E-state index contributed by atoms with van der Waals surface area (Å²) in [6, 6.07) is 9.75. The number of nitrogen functional groups attached to an aromatic ring is 1. The van der Waals surface area contributed by atoms with Crippen LogP contribution >= 0.6 is 11.6 Å². The van der Waals surface area contributed by atoms with Crippen LogP contribution in [0.1, 0.15) is 5.56 Å². The molecule has 0 radical (unpaired) electrons. The minimum Gasteiger partial charge on any atom is -0.457 e. The Balaban J connectivity index is 2.32. The molecule has 0 amide bonds. The monoisotopic (exact) mass is 287 g/mol. The normalized spacial score (nSPS) is 11.4. The fourth-order valence-electron chi connectivity index (χ4n) is 1.51. The lowest BCUT2D eigenvalue weighted by molar-refractivity contribution is -0.137. The summed E-state index contributed by atoms with van der Waals surface area (Å²) >= 11 is 5.76. The summed E-state index contributed by atoms with van der Waals surface area (Å²) in [6.45, 7) is 0. The molecular formula is C13H9ClF3NO. The van der Waals surface area contributed by atoms with Gasteiger partial charge in [0, 0.05) is 10.7 Å². The molecule has 0 saturated carbocycles. The van der Waals surface area contributed by atoms with Crippen molar-refractivity contribution in [2.45, 2.75) is 6.18 Å². The summed E-state index contributed by atoms with van der Waals surface area (Å²) in [4.78, 5) is 0. The number of alkyl halides is 3. The van der Waals surface area contributed by atoms with Crippen LogP contribution in [0.15, 0.2) is 42.5 Å². The predicted molar refractivity (Wildman–Crippen MR) is 67.4 cm³/mol. The molecule has 0 aliphatic carbocycles. The number of halogens is 4. The van der Waals surface area contributed by atoms with Crippen LogP contribution < -0.4 is 10.5 Å². The smallest absolute Gasteiger partial charge is 0.418 e. The molecule has 6 heteroatoms. The molecule has 2 N–H and O–H groups in total. The van der Waals surface area contributed by atoms with Gasteiger partial charge in [-0.2, -0.15) is 13.2 Å². The van der Waals surface area contributed by atoms with Crippen molar-refractivity contribution >= 4 is 17.3 Å². The highest BCUT2D eigenvalue weighted by Gasteiger charge is 2.33. The third-order valence-electron chi connectivity index (χ3n) is 2.36. The van der Waals surface area contributed by atoms with Gasteiger partial charge in [0.2, 0.25) is 0 Å². The second-order valence-corrected chi connectivity index (χ2v) is 4.24. The number of hydrogen-bond donors (Lipinski definition) is 1. The van der Waals surface area contributed by atoms with Crippen molar-refractivity contribution in [2.75, 3.05) is 5.73 Å². The Labute approximate surface area is 112 Å². The Bertz CT molecular complexity index is 599. The summed E-state index contributed by atoms with van der Waals surface area (Å²) in [5.41, 5.74) is 4.03. The molecule has 0 atom stereocenters. The van der Waals surface area contributed by atoms with E-state index in [0.29, 0.717) is 10.8 Å². The van der Waals surface area contributed by atoms with Crippen LogP contribution in [-0.2, 0) is 6.18 Å². The highest BCUT2D eigenvalue weighted by molar-refractivity contribution is 6.30. The lowest BCUT2D eigenvalue weighted by atomic mass is 10.1. The topological polar surface area (TPSA) is 35.2 Å². The van der Waals surface area contributed by atoms with Crippen LogP contribution in [-0.4, -0.2) is 0 Å². The highest BCUT2D eigenvalue weighted by atomic mass is 35.5. The molecule has 0 unspecified atom stereocenters. The Morgan fingerprint density at radius 1 is 1.00 bits per heavy atom. The Morgan fingerprint density at radius 3 is 2.32 bits per heavy atom. The summed E-state index contributed by atoms with van der Waals surface area (Å²) in [5.74, 6) is 0.397. The van der Waals surface area contributed by atoms with E-state index in [9.17, 15) is 13.2 Å². The quantitative estimate of drug-likeness (QED) is 0.810. The Kier molecular flexibility index (Phi) is 3.57. The van der Waals surface area contributed by atoms with Gasteiger partial charge in [-0.05, 0) is 36.4 Å². The zero-order valence-corrected chi connectivity index (χ0v) is 10.3. The van der Waals surface area contributed by atoms with Gasteiger partial charge in [0.05, 0.1) is 5.56 Å². The largest absolute Gasteiger partial charge is 0.457 e. The van der Waals surface area contributed by atoms with E-state index in [1.165, 1.54) is 12.1 Å². The molecule has 100 valence electrons. The number of hydrogen-bond acceptors (Lipinski definition) is 2. The average molecular weight is 288 g/mol. The molecular weight excluding hydrogens is 279 g/mol. The minimum absolute atomic E-state index is 0.0452. The SMILES string of the molecule is Nc1ccc(Oc2cccc(Cl)c2)cc1C(F)(F)F. The zero-order valence-electron chi connectivity index (χ0n) is 9.54. The van der Waals surface area contributed by atoms with Gasteiger partial charge in [0.15, 0.2) is 0 Å². The standard InChI is InChI=1S/C13H9ClF3NO/c14-8-2-1-3-9(6-8)19-10-4-5-12(18)11(7-10)13(15,16)17/h1-7H,18H2. The van der Waals surface area contributed by atoms with Crippen molar-refractivity contribution in [3.8, 4) is 11.5 Å². The van der Waals surface area contributed by atoms with Crippen molar-refractivity contribution in [2.24, 2.45) is 0 Å². The molecule has 0 heterocycles. The van der Waals surface area contributed by atoms with Crippen molar-refractivity contribution in [3.05, 3.63) is 53.1 Å². The van der Waals surface area contributed by atoms with Gasteiger partial charge < -0.3 is 10.5 Å². The van der Waals surface area contributed by atoms with E-state index in [0.717, 1.165) is 12.1 Å². The zero-order chi connectivity index (χ0) is 14.0. The Hall–Kier alpha value is -1.88. The summed E-state index contributed by atoms with van der Waals surface area (Å²) in [7, 11) is 0. The lowest BCUT2D eigenvalue weighted by Crippen LogP contribution is -2.08. The van der Waals surface area contributed by atoms with Crippen LogP contribution in [0.4, 0.5) is 18.9 Å². The van der Waals surface area contributed by atoms with E-state index in [2.05, 4.69) is 0 Å². The maximum atomic E-state index is 12.7. The van der Waals surface area contributed by atoms with E-state index in [1.54, 1.807) is 18.2 Å². The number of rotatable bonds is 2. The molecule has 0 fully saturated rings. The first-order valence-corrected chi connectivity index (χ1v) is 5.64. The molecule has 0 aliphatic rings. The van der Waals surface area contributed by atoms with Crippen LogP contribution in [0.3, 0.4) is 0 Å². The molecule has 0 bridgehead atoms. The van der Waals surface area contributed by atoms with Crippen molar-refractivity contribution < 1.29 is 17.9 Å². The van der Waals surface area contributed by atoms with E-state index in [-0.39, 0.29) is 11.4 Å². The molecule has 2 aromatic rings. The third-order valence-corrected chi connectivity index (χ3v) is 2.60. The van der Waals surface area contributed by atoms with E-state index < -0.39 is 11.7 Å². The van der Waals surface area contributed by atoms with Gasteiger partial charge in [-0.25, -0.2) is 0 Å². The average Bonchev–Trinajstić information content (AvgIpc) is 2.30. The summed E-state index contributed by atoms with van der Waals surface area (Å²) in [5, 5.41) is 0.434. The molecule has 0 saturated heterocycles. The maximum Gasteiger partial charge on any atom is 0.418 e. The lowest BCUT2D eigenvalue weighted by Gasteiger charge is -2.12. The molecule has 2 rings (SSSR count). The molecule has 0 spiro atoms. The second kappa shape index (κ2) is 5.01. The van der Waals surface area contributed by atoms with E-state index >= 15 is 0 Å². The van der Waals surface area contributed by atoms with Crippen molar-refractivity contribution in [3.63, 3.8) is 0 Å². The van der Waals surface area contributed by atoms with Gasteiger partial charge in [-0.1, -0.05) is 17.7 Å². The molecule has 2 nitrogen and oxygen atoms in total. The Morgan fingerprint density at radius 2 is 1.68 bits per heavy atom. The predicted octanol–water partition coefficient (Wildman–Crippen LogP) is 4.73. The minimum atomic E-state index is -4.52. The van der Waals surface area contributed by atoms with Crippen LogP contribution in [0.5, 0.6) is 11.5 Å². The van der Waals surface area contributed by atoms with Crippen molar-refractivity contribution in [1.29, 1.82) is 0 Å². The van der Waals surface area contributed by atoms with Crippen LogP contribution in [0.25, 0.3) is 0 Å². The molecule has 2 aromatic carbocycles. The number of benzene rings is 2. The second-order valence-electron chi connectivity index (χ2n) is 3.81. The van der Waals surface area contributed by atoms with Gasteiger partial charge in [0.25, 0.3) is 0 Å². The van der Waals surface area contributed by atoms with Crippen LogP contribution in [0, 0.1) is 0 Å². The van der Waals surface area contributed by atoms with E-state index in [1.807, 2.05) is 0 Å². The summed E-state index contributed by atoms with van der Waals surface area (Å²) in [6.07, 6.45) is -4.52. The molecule has 19 heavy (non-hydrogen) atoms. The first-order chi connectivity index (χ1) is 8.86. The first-order valence-electron chi connectivity index (χ1n) is 5.26. The highest BCUT2D eigenvalue weighted by Crippen LogP contribution is 2.36. The summed E-state index contributed by atoms with van der Waals surface area (Å²) < 4.78 is 43.3. The van der Waals surface area contributed by atoms with Gasteiger partial charge in [-0.15, -0.1) is 0 Å². The van der Waals surface area contributed by atoms with Gasteiger partial charge >= 0.3 is 6.18 Å². The first kappa shape index (κ1) is 13.5. The number of nitrogens with two attached hydrogens (primary N) is 1. The maximum absolute atomic E-state index is 12.7. The number of ether oxygens (including phenoxy) is 1. The number of anilines is 1. The molecule has 0 aliphatic heterocycles. The fourth-order valence-corrected chi connectivity index (χ4v) is 1.69. The fraction of sp³-hybridized carbons (Fsp3) is 0.0769. The van der Waals surface area contributed by atoms with Crippen LogP contribution in [0.2, 0.25) is 5.02 Å². The van der Waals surface area contributed by atoms with E-state index in [4.69, 9.17) is 22.1 Å².